The zero-order chi connectivity index (χ0) is 26.1. The summed E-state index contributed by atoms with van der Waals surface area (Å²) in [5, 5.41) is 19.2. The van der Waals surface area contributed by atoms with Gasteiger partial charge in [0.2, 0.25) is 0 Å². The largest absolute Gasteiger partial charge is 0.493 e. The van der Waals surface area contributed by atoms with E-state index in [1.165, 1.54) is 13.2 Å². The molecule has 0 saturated carbocycles. The Morgan fingerprint density at radius 1 is 1.08 bits per heavy atom. The third-order valence-corrected chi connectivity index (χ3v) is 6.54. The number of thiophene rings is 1. The lowest BCUT2D eigenvalue weighted by Crippen LogP contribution is -2.05. The summed E-state index contributed by atoms with van der Waals surface area (Å²) in [5.41, 5.74) is 2.24. The Morgan fingerprint density at radius 2 is 1.83 bits per heavy atom. The van der Waals surface area contributed by atoms with Gasteiger partial charge in [-0.2, -0.15) is 10.5 Å². The summed E-state index contributed by atoms with van der Waals surface area (Å²) in [5.74, 6) is -0.00588. The Balaban J connectivity index is 1.81. The number of hydrogen-bond donors (Lipinski definition) is 0. The number of methoxy groups -OCH3 is 1. The zero-order valence-corrected chi connectivity index (χ0v) is 21.0. The van der Waals surface area contributed by atoms with Crippen LogP contribution in [0.4, 0.5) is 0 Å². The van der Waals surface area contributed by atoms with E-state index in [1.54, 1.807) is 32.0 Å². The predicted octanol–water partition coefficient (Wildman–Crippen LogP) is 5.41. The van der Waals surface area contributed by atoms with Crippen molar-refractivity contribution in [2.75, 3.05) is 13.7 Å². The van der Waals surface area contributed by atoms with Gasteiger partial charge in [-0.3, -0.25) is 4.79 Å². The van der Waals surface area contributed by atoms with Gasteiger partial charge in [-0.1, -0.05) is 36.4 Å². The molecule has 3 rings (SSSR count). The Kier molecular flexibility index (Phi) is 8.99. The molecule has 36 heavy (non-hydrogen) atoms. The van der Waals surface area contributed by atoms with Crippen LogP contribution >= 0.6 is 11.3 Å². The summed E-state index contributed by atoms with van der Waals surface area (Å²) in [6.07, 6.45) is 1.28. The van der Waals surface area contributed by atoms with Gasteiger partial charge in [0.1, 0.15) is 23.6 Å². The van der Waals surface area contributed by atoms with Crippen LogP contribution in [0.5, 0.6) is 11.5 Å². The van der Waals surface area contributed by atoms with Crippen LogP contribution in [0.15, 0.2) is 54.1 Å². The summed E-state index contributed by atoms with van der Waals surface area (Å²) in [6, 6.07) is 18.8. The fourth-order valence-electron chi connectivity index (χ4n) is 3.45. The molecule has 0 N–H and O–H groups in total. The maximum absolute atomic E-state index is 12.9. The van der Waals surface area contributed by atoms with E-state index in [4.69, 9.17) is 14.2 Å². The normalized spacial score (nSPS) is 10.8. The van der Waals surface area contributed by atoms with Crippen molar-refractivity contribution in [2.24, 2.45) is 0 Å². The Morgan fingerprint density at radius 3 is 2.47 bits per heavy atom. The first kappa shape index (κ1) is 26.2. The number of benzene rings is 2. The highest BCUT2D eigenvalue weighted by Crippen LogP contribution is 2.31. The number of esters is 1. The SMILES string of the molecule is CCOC(=O)c1sc(CC(=O)/C(C#N)=C/c2ccc(OCc3ccccc3)c(OC)c2)c(C#N)c1C. The molecule has 0 amide bonds. The van der Waals surface area contributed by atoms with E-state index in [0.29, 0.717) is 34.1 Å². The van der Waals surface area contributed by atoms with Gasteiger partial charge in [-0.05, 0) is 48.7 Å². The van der Waals surface area contributed by atoms with E-state index in [1.807, 2.05) is 36.4 Å². The summed E-state index contributed by atoms with van der Waals surface area (Å²) >= 11 is 1.04. The molecule has 2 aromatic carbocycles. The summed E-state index contributed by atoms with van der Waals surface area (Å²) in [4.78, 5) is 25.8. The van der Waals surface area contributed by atoms with E-state index in [-0.39, 0.29) is 29.0 Å². The molecular weight excluding hydrogens is 476 g/mol. The fraction of sp³-hybridized carbons (Fsp3) is 0.214. The molecule has 0 radical (unpaired) electrons. The van der Waals surface area contributed by atoms with Crippen molar-refractivity contribution >= 4 is 29.2 Å². The van der Waals surface area contributed by atoms with Crippen molar-refractivity contribution < 1.29 is 23.8 Å². The third-order valence-electron chi connectivity index (χ3n) is 5.27. The maximum atomic E-state index is 12.9. The topological polar surface area (TPSA) is 109 Å². The fourth-order valence-corrected chi connectivity index (χ4v) is 4.59. The Labute approximate surface area is 213 Å². The third kappa shape index (κ3) is 6.18. The number of allylic oxidation sites excluding steroid dienone is 1. The number of ether oxygens (including phenoxy) is 3. The molecule has 0 saturated heterocycles. The van der Waals surface area contributed by atoms with E-state index in [2.05, 4.69) is 6.07 Å². The number of rotatable bonds is 10. The van der Waals surface area contributed by atoms with Gasteiger partial charge in [-0.25, -0.2) is 4.79 Å². The molecule has 0 atom stereocenters. The molecule has 0 spiro atoms. The first-order chi connectivity index (χ1) is 17.4. The number of ketones is 1. The van der Waals surface area contributed by atoms with Crippen LogP contribution in [0.1, 0.15) is 43.7 Å². The summed E-state index contributed by atoms with van der Waals surface area (Å²) < 4.78 is 16.3. The number of carbonyl (C=O) groups is 2. The standard InChI is InChI=1S/C28H24N2O5S/c1-4-34-28(32)27-18(2)22(16-30)26(36-27)14-23(31)21(15-29)12-20-10-11-24(25(13-20)33-3)35-17-19-8-6-5-7-9-19/h5-13H,4,14,17H2,1-3H3/b21-12+. The molecule has 7 nitrogen and oxygen atoms in total. The Hall–Kier alpha value is -4.40. The van der Waals surface area contributed by atoms with Gasteiger partial charge in [0, 0.05) is 11.3 Å². The number of carbonyl (C=O) groups excluding carboxylic acids is 2. The molecule has 8 heteroatoms. The lowest BCUT2D eigenvalue weighted by Gasteiger charge is -2.11. The zero-order valence-electron chi connectivity index (χ0n) is 20.2. The molecule has 0 unspecified atom stereocenters. The number of hydrogen-bond acceptors (Lipinski definition) is 8. The molecule has 0 fully saturated rings. The monoisotopic (exact) mass is 500 g/mol. The molecule has 3 aromatic rings. The van der Waals surface area contributed by atoms with Crippen LogP contribution < -0.4 is 9.47 Å². The molecule has 0 aliphatic rings. The van der Waals surface area contributed by atoms with Gasteiger partial charge in [0.15, 0.2) is 17.3 Å². The van der Waals surface area contributed by atoms with Crippen molar-refractivity contribution in [3.05, 3.63) is 86.1 Å². The minimum atomic E-state index is -0.534. The number of nitrogens with zero attached hydrogens (tertiary/aromatic N) is 2. The second-order valence-corrected chi connectivity index (χ2v) is 8.75. The molecule has 1 aromatic heterocycles. The van der Waals surface area contributed by atoms with Crippen LogP contribution in [-0.4, -0.2) is 25.5 Å². The van der Waals surface area contributed by atoms with Gasteiger partial charge in [0.25, 0.3) is 0 Å². The molecular formula is C28H24N2O5S. The molecule has 0 aliphatic heterocycles. The van der Waals surface area contributed by atoms with E-state index < -0.39 is 11.8 Å². The van der Waals surface area contributed by atoms with Gasteiger partial charge in [-0.15, -0.1) is 11.3 Å². The predicted molar refractivity (Wildman–Crippen MR) is 136 cm³/mol. The summed E-state index contributed by atoms with van der Waals surface area (Å²) in [6.45, 7) is 3.90. The minimum Gasteiger partial charge on any atom is -0.493 e. The smallest absolute Gasteiger partial charge is 0.348 e. The second-order valence-electron chi connectivity index (χ2n) is 7.64. The highest BCUT2D eigenvalue weighted by atomic mass is 32.1. The van der Waals surface area contributed by atoms with E-state index >= 15 is 0 Å². The van der Waals surface area contributed by atoms with E-state index in [0.717, 1.165) is 16.9 Å². The number of Topliss-reactive ketones (excluding diaryl/α,β-unsaturated/α-hetero) is 1. The van der Waals surface area contributed by atoms with Crippen LogP contribution in [0.2, 0.25) is 0 Å². The molecule has 182 valence electrons. The van der Waals surface area contributed by atoms with Crippen LogP contribution in [0, 0.1) is 29.6 Å². The highest BCUT2D eigenvalue weighted by Gasteiger charge is 2.23. The average molecular weight is 501 g/mol. The van der Waals surface area contributed by atoms with Crippen LogP contribution in [0.3, 0.4) is 0 Å². The summed E-state index contributed by atoms with van der Waals surface area (Å²) in [7, 11) is 1.51. The lowest BCUT2D eigenvalue weighted by molar-refractivity contribution is -0.114. The average Bonchev–Trinajstić information content (AvgIpc) is 3.21. The van der Waals surface area contributed by atoms with Crippen molar-refractivity contribution in [1.29, 1.82) is 10.5 Å². The van der Waals surface area contributed by atoms with E-state index in [9.17, 15) is 20.1 Å². The lowest BCUT2D eigenvalue weighted by atomic mass is 10.0. The minimum absolute atomic E-state index is 0.0809. The van der Waals surface area contributed by atoms with Crippen molar-refractivity contribution in [1.82, 2.24) is 0 Å². The van der Waals surface area contributed by atoms with Gasteiger partial charge >= 0.3 is 5.97 Å². The molecule has 0 bridgehead atoms. The first-order valence-electron chi connectivity index (χ1n) is 11.1. The highest BCUT2D eigenvalue weighted by molar-refractivity contribution is 7.14. The second kappa shape index (κ2) is 12.3. The quantitative estimate of drug-likeness (QED) is 0.208. The van der Waals surface area contributed by atoms with Crippen molar-refractivity contribution in [3.63, 3.8) is 0 Å². The van der Waals surface area contributed by atoms with Gasteiger partial charge in [0.05, 0.1) is 24.9 Å². The molecule has 1 heterocycles. The number of nitriles is 2. The van der Waals surface area contributed by atoms with Crippen molar-refractivity contribution in [2.45, 2.75) is 26.9 Å². The van der Waals surface area contributed by atoms with Crippen molar-refractivity contribution in [3.8, 4) is 23.6 Å². The maximum Gasteiger partial charge on any atom is 0.348 e. The first-order valence-corrected chi connectivity index (χ1v) is 11.9. The molecule has 0 aliphatic carbocycles. The van der Waals surface area contributed by atoms with Crippen LogP contribution in [0.25, 0.3) is 6.08 Å². The van der Waals surface area contributed by atoms with Crippen LogP contribution in [-0.2, 0) is 22.6 Å². The van der Waals surface area contributed by atoms with Gasteiger partial charge < -0.3 is 14.2 Å². The Bertz CT molecular complexity index is 1380.